The zero-order valence-electron chi connectivity index (χ0n) is 18.7. The molecule has 1 aliphatic rings. The third kappa shape index (κ3) is 6.27. The molecule has 166 valence electrons. The van der Waals surface area contributed by atoms with Gasteiger partial charge in [0.25, 0.3) is 0 Å². The fourth-order valence-corrected chi connectivity index (χ4v) is 3.79. The second-order valence-corrected chi connectivity index (χ2v) is 8.11. The molecule has 9 heteroatoms. The minimum atomic E-state index is 0.302. The summed E-state index contributed by atoms with van der Waals surface area (Å²) in [5.41, 5.74) is 2.47. The maximum Gasteiger partial charge on any atom is 0.229 e. The lowest BCUT2D eigenvalue weighted by molar-refractivity contribution is 0.273. The van der Waals surface area contributed by atoms with Crippen LogP contribution in [0.15, 0.2) is 29.3 Å². The number of guanidine groups is 1. The molecule has 31 heavy (non-hydrogen) atoms. The average molecular weight is 443 g/mol. The van der Waals surface area contributed by atoms with Gasteiger partial charge in [-0.1, -0.05) is 6.92 Å². The molecule has 0 spiro atoms. The van der Waals surface area contributed by atoms with Crippen molar-refractivity contribution in [2.24, 2.45) is 10.9 Å². The molecule has 1 fully saturated rings. The first kappa shape index (κ1) is 22.7. The summed E-state index contributed by atoms with van der Waals surface area (Å²) in [5.74, 6) is 3.06. The molecule has 3 rings (SSSR count). The van der Waals surface area contributed by atoms with Crippen molar-refractivity contribution in [3.05, 3.63) is 35.7 Å². The number of aryl methyl sites for hydroxylation is 2. The number of thiocarbonyl (C=S) groups is 1. The van der Waals surface area contributed by atoms with Gasteiger partial charge in [0, 0.05) is 30.5 Å². The number of benzene rings is 1. The third-order valence-corrected chi connectivity index (χ3v) is 5.21. The van der Waals surface area contributed by atoms with Crippen LogP contribution in [0.4, 0.5) is 11.6 Å². The van der Waals surface area contributed by atoms with Crippen molar-refractivity contribution >= 4 is 34.9 Å². The Morgan fingerprint density at radius 3 is 2.52 bits per heavy atom. The van der Waals surface area contributed by atoms with Crippen molar-refractivity contribution in [2.45, 2.75) is 33.6 Å². The molecule has 1 unspecified atom stereocenters. The molecule has 0 aliphatic carbocycles. The van der Waals surface area contributed by atoms with Gasteiger partial charge < -0.3 is 19.7 Å². The number of hydrogen-bond donors (Lipinski definition) is 2. The van der Waals surface area contributed by atoms with Crippen molar-refractivity contribution in [3.8, 4) is 11.5 Å². The van der Waals surface area contributed by atoms with E-state index in [1.165, 1.54) is 6.42 Å². The fraction of sp³-hybridized carbons (Fsp3) is 0.455. The Labute approximate surface area is 189 Å². The van der Waals surface area contributed by atoms with Crippen molar-refractivity contribution in [2.75, 3.05) is 37.9 Å². The highest BCUT2D eigenvalue weighted by Crippen LogP contribution is 2.29. The van der Waals surface area contributed by atoms with Crippen LogP contribution in [0.2, 0.25) is 0 Å². The van der Waals surface area contributed by atoms with Crippen LogP contribution < -0.4 is 20.1 Å². The van der Waals surface area contributed by atoms with Crippen molar-refractivity contribution in [1.29, 1.82) is 0 Å². The monoisotopic (exact) mass is 442 g/mol. The van der Waals surface area contributed by atoms with Gasteiger partial charge in [-0.05, 0) is 63.0 Å². The number of likely N-dealkylation sites (tertiary alicyclic amines) is 1. The lowest BCUT2D eigenvalue weighted by Gasteiger charge is -2.33. The molecule has 2 aromatic rings. The van der Waals surface area contributed by atoms with Gasteiger partial charge in [0.15, 0.2) is 0 Å². The fourth-order valence-electron chi connectivity index (χ4n) is 3.59. The Morgan fingerprint density at radius 2 is 1.87 bits per heavy atom. The Balaban J connectivity index is 1.88. The maximum atomic E-state index is 5.56. The Bertz CT molecular complexity index is 945. The first-order valence-corrected chi connectivity index (χ1v) is 10.7. The molecular formula is C22H30N6O2S. The molecule has 0 amide bonds. The zero-order chi connectivity index (χ0) is 22.4. The molecular weight excluding hydrogens is 412 g/mol. The number of anilines is 2. The summed E-state index contributed by atoms with van der Waals surface area (Å²) < 4.78 is 10.7. The quantitative estimate of drug-likeness (QED) is 0.418. The molecule has 0 bridgehead atoms. The van der Waals surface area contributed by atoms with E-state index in [0.29, 0.717) is 40.1 Å². The number of methoxy groups -OCH3 is 2. The largest absolute Gasteiger partial charge is 0.497 e. The lowest BCUT2D eigenvalue weighted by atomic mass is 10.0. The number of aliphatic imine (C=N–C) groups is 1. The third-order valence-electron chi connectivity index (χ3n) is 5.02. The van der Waals surface area contributed by atoms with E-state index in [0.717, 1.165) is 30.9 Å². The zero-order valence-corrected chi connectivity index (χ0v) is 19.5. The second-order valence-electron chi connectivity index (χ2n) is 7.72. The predicted octanol–water partition coefficient (Wildman–Crippen LogP) is 4.01. The summed E-state index contributed by atoms with van der Waals surface area (Å²) >= 11 is 5.56. The minimum Gasteiger partial charge on any atom is -0.497 e. The normalized spacial score (nSPS) is 16.6. The van der Waals surface area contributed by atoms with Crippen LogP contribution in [-0.4, -0.2) is 53.2 Å². The van der Waals surface area contributed by atoms with E-state index < -0.39 is 0 Å². The van der Waals surface area contributed by atoms with Gasteiger partial charge in [-0.25, -0.2) is 9.97 Å². The van der Waals surface area contributed by atoms with Crippen LogP contribution in [0.5, 0.6) is 11.5 Å². The van der Waals surface area contributed by atoms with E-state index in [-0.39, 0.29) is 0 Å². The molecule has 0 radical (unpaired) electrons. The van der Waals surface area contributed by atoms with E-state index >= 15 is 0 Å². The summed E-state index contributed by atoms with van der Waals surface area (Å²) in [6, 6.07) is 7.41. The summed E-state index contributed by atoms with van der Waals surface area (Å²) in [4.78, 5) is 15.9. The maximum absolute atomic E-state index is 5.56. The van der Waals surface area contributed by atoms with Gasteiger partial charge in [-0.2, -0.15) is 4.99 Å². The van der Waals surface area contributed by atoms with Crippen molar-refractivity contribution < 1.29 is 9.47 Å². The number of nitrogens with zero attached hydrogens (tertiary/aromatic N) is 4. The Kier molecular flexibility index (Phi) is 7.62. The number of hydrogen-bond acceptors (Lipinski definition) is 5. The summed E-state index contributed by atoms with van der Waals surface area (Å²) in [5, 5.41) is 6.75. The van der Waals surface area contributed by atoms with Gasteiger partial charge >= 0.3 is 0 Å². The first-order valence-electron chi connectivity index (χ1n) is 10.3. The van der Waals surface area contributed by atoms with Crippen LogP contribution in [0.1, 0.15) is 31.2 Å². The topological polar surface area (TPSA) is 83.9 Å². The van der Waals surface area contributed by atoms with E-state index in [1.807, 2.05) is 38.1 Å². The highest BCUT2D eigenvalue weighted by Gasteiger charge is 2.21. The summed E-state index contributed by atoms with van der Waals surface area (Å²) in [6.07, 6.45) is 2.30. The molecule has 1 aliphatic heterocycles. The Hall–Kier alpha value is -2.94. The molecule has 1 aromatic heterocycles. The molecule has 0 saturated carbocycles. The van der Waals surface area contributed by atoms with Crippen LogP contribution >= 0.6 is 12.2 Å². The van der Waals surface area contributed by atoms with Crippen LogP contribution in [0.3, 0.4) is 0 Å². The van der Waals surface area contributed by atoms with Gasteiger partial charge in [0.1, 0.15) is 11.5 Å². The van der Waals surface area contributed by atoms with E-state index in [1.54, 1.807) is 14.2 Å². The van der Waals surface area contributed by atoms with Gasteiger partial charge in [0.2, 0.25) is 17.0 Å². The molecule has 1 saturated heterocycles. The molecule has 2 heterocycles. The summed E-state index contributed by atoms with van der Waals surface area (Å²) in [7, 11) is 3.23. The SMILES string of the molecule is COc1ccc(OC)c(NC(=S)/N=C(/Nc2nc(C)cc(C)n2)N2CCCC(C)C2)c1. The number of nitrogens with one attached hydrogen (secondary N) is 2. The van der Waals surface area contributed by atoms with E-state index in [9.17, 15) is 0 Å². The van der Waals surface area contributed by atoms with Crippen LogP contribution in [0.25, 0.3) is 0 Å². The molecule has 2 N–H and O–H groups in total. The molecule has 8 nitrogen and oxygen atoms in total. The Morgan fingerprint density at radius 1 is 1.13 bits per heavy atom. The molecule has 1 aromatic carbocycles. The first-order chi connectivity index (χ1) is 14.9. The smallest absolute Gasteiger partial charge is 0.229 e. The number of rotatable bonds is 4. The average Bonchev–Trinajstić information content (AvgIpc) is 2.72. The van der Waals surface area contributed by atoms with Crippen LogP contribution in [-0.2, 0) is 0 Å². The van der Waals surface area contributed by atoms with Gasteiger partial charge in [-0.3, -0.25) is 5.32 Å². The number of aromatic nitrogens is 2. The number of ether oxygens (including phenoxy) is 2. The lowest BCUT2D eigenvalue weighted by Crippen LogP contribution is -2.43. The van der Waals surface area contributed by atoms with E-state index in [4.69, 9.17) is 26.7 Å². The highest BCUT2D eigenvalue weighted by molar-refractivity contribution is 7.80. The van der Waals surface area contributed by atoms with Crippen LogP contribution in [0, 0.1) is 19.8 Å². The number of piperidine rings is 1. The molecule has 1 atom stereocenters. The second kappa shape index (κ2) is 10.4. The standard InChI is InChI=1S/C22H30N6O2S/c1-14-7-6-10-28(13-14)21(26-20-23-15(2)11-16(3)24-20)27-22(31)25-18-12-17(29-4)8-9-19(18)30-5/h8-9,11-12,14H,6-7,10,13H2,1-5H3,(H2,23,24,25,26,27,31). The van der Waals surface area contributed by atoms with Crippen molar-refractivity contribution in [3.63, 3.8) is 0 Å². The van der Waals surface area contributed by atoms with Gasteiger partial charge in [0.05, 0.1) is 19.9 Å². The van der Waals surface area contributed by atoms with E-state index in [2.05, 4.69) is 32.4 Å². The van der Waals surface area contributed by atoms with Crippen molar-refractivity contribution in [1.82, 2.24) is 14.9 Å². The predicted molar refractivity (Wildman–Crippen MR) is 128 cm³/mol. The highest BCUT2D eigenvalue weighted by atomic mass is 32.1. The minimum absolute atomic E-state index is 0.302. The summed E-state index contributed by atoms with van der Waals surface area (Å²) in [6.45, 7) is 7.92. The van der Waals surface area contributed by atoms with Gasteiger partial charge in [-0.15, -0.1) is 0 Å².